The van der Waals surface area contributed by atoms with E-state index in [1.807, 2.05) is 48.5 Å². The molecule has 0 bridgehead atoms. The number of primary amides is 1. The van der Waals surface area contributed by atoms with Crippen molar-refractivity contribution in [3.8, 4) is 11.3 Å². The molecule has 1 aliphatic rings. The van der Waals surface area contributed by atoms with Crippen LogP contribution >= 0.6 is 0 Å². The standard InChI is InChI=1S/C22H20N4O2/c1-26-17-10-6-5-9-16(17)24-22(26)15-11-14(12-15)18-19(21(23)27)25-28-20(18)13-7-3-2-4-8-13/h2-10,14-15H,11-12H2,1H3,(H2,23,27). The molecule has 2 N–H and O–H groups in total. The maximum atomic E-state index is 11.9. The van der Waals surface area contributed by atoms with Gasteiger partial charge in [0.05, 0.1) is 11.0 Å². The van der Waals surface area contributed by atoms with Gasteiger partial charge in [-0.15, -0.1) is 0 Å². The third-order valence-corrected chi connectivity index (χ3v) is 5.73. The second-order valence-electron chi connectivity index (χ2n) is 7.39. The number of carbonyl (C=O) groups excluding carboxylic acids is 1. The van der Waals surface area contributed by atoms with Crippen molar-refractivity contribution in [2.75, 3.05) is 0 Å². The number of para-hydroxylation sites is 2. The molecular formula is C22H20N4O2. The van der Waals surface area contributed by atoms with Crippen LogP contribution in [0.5, 0.6) is 0 Å². The summed E-state index contributed by atoms with van der Waals surface area (Å²) in [6, 6.07) is 17.9. The van der Waals surface area contributed by atoms with Crippen molar-refractivity contribution in [3.05, 3.63) is 71.7 Å². The molecule has 140 valence electrons. The van der Waals surface area contributed by atoms with Crippen molar-refractivity contribution in [2.24, 2.45) is 12.8 Å². The number of rotatable bonds is 4. The first kappa shape index (κ1) is 16.7. The minimum absolute atomic E-state index is 0.175. The number of nitrogens with two attached hydrogens (primary N) is 1. The van der Waals surface area contributed by atoms with Gasteiger partial charge in [-0.2, -0.15) is 0 Å². The molecule has 2 aromatic heterocycles. The molecule has 1 aliphatic carbocycles. The number of benzene rings is 2. The zero-order chi connectivity index (χ0) is 19.3. The van der Waals surface area contributed by atoms with E-state index in [0.717, 1.165) is 40.8 Å². The quantitative estimate of drug-likeness (QED) is 0.587. The number of amides is 1. The molecule has 2 heterocycles. The first-order valence-corrected chi connectivity index (χ1v) is 9.39. The molecule has 0 saturated heterocycles. The van der Waals surface area contributed by atoms with Gasteiger partial charge in [-0.3, -0.25) is 4.79 Å². The fourth-order valence-electron chi connectivity index (χ4n) is 4.25. The predicted molar refractivity (Wildman–Crippen MR) is 106 cm³/mol. The van der Waals surface area contributed by atoms with E-state index in [-0.39, 0.29) is 11.6 Å². The average molecular weight is 372 g/mol. The van der Waals surface area contributed by atoms with E-state index in [9.17, 15) is 4.79 Å². The zero-order valence-corrected chi connectivity index (χ0v) is 15.5. The zero-order valence-electron chi connectivity index (χ0n) is 15.5. The van der Waals surface area contributed by atoms with Crippen molar-refractivity contribution >= 4 is 16.9 Å². The second-order valence-corrected chi connectivity index (χ2v) is 7.39. The van der Waals surface area contributed by atoms with E-state index >= 15 is 0 Å². The molecule has 5 rings (SSSR count). The predicted octanol–water partition coefficient (Wildman–Crippen LogP) is 3.99. The minimum Gasteiger partial charge on any atom is -0.364 e. The number of fused-ring (bicyclic) bond motifs is 1. The maximum absolute atomic E-state index is 11.9. The van der Waals surface area contributed by atoms with Crippen LogP contribution in [0.2, 0.25) is 0 Å². The summed E-state index contributed by atoms with van der Waals surface area (Å²) in [6.07, 6.45) is 1.77. The van der Waals surface area contributed by atoms with E-state index < -0.39 is 5.91 Å². The van der Waals surface area contributed by atoms with E-state index in [2.05, 4.69) is 22.8 Å². The van der Waals surface area contributed by atoms with Crippen LogP contribution in [-0.4, -0.2) is 20.6 Å². The molecule has 1 fully saturated rings. The Morgan fingerprint density at radius 2 is 1.79 bits per heavy atom. The van der Waals surface area contributed by atoms with Crippen molar-refractivity contribution < 1.29 is 9.32 Å². The molecule has 0 spiro atoms. The topological polar surface area (TPSA) is 86.9 Å². The van der Waals surface area contributed by atoms with E-state index in [4.69, 9.17) is 15.2 Å². The van der Waals surface area contributed by atoms with Gasteiger partial charge in [-0.05, 0) is 30.9 Å². The number of nitrogens with zero attached hydrogens (tertiary/aromatic N) is 3. The maximum Gasteiger partial charge on any atom is 0.271 e. The second kappa shape index (κ2) is 6.34. The lowest BCUT2D eigenvalue weighted by Crippen LogP contribution is -2.25. The number of carbonyl (C=O) groups is 1. The molecule has 1 amide bonds. The third-order valence-electron chi connectivity index (χ3n) is 5.73. The molecule has 0 aliphatic heterocycles. The van der Waals surface area contributed by atoms with Gasteiger partial charge in [0.1, 0.15) is 5.82 Å². The largest absolute Gasteiger partial charge is 0.364 e. The van der Waals surface area contributed by atoms with Gasteiger partial charge < -0.3 is 14.8 Å². The smallest absolute Gasteiger partial charge is 0.271 e. The van der Waals surface area contributed by atoms with Crippen LogP contribution in [0.3, 0.4) is 0 Å². The summed E-state index contributed by atoms with van der Waals surface area (Å²) in [4.78, 5) is 16.7. The summed E-state index contributed by atoms with van der Waals surface area (Å²) in [5, 5.41) is 3.97. The van der Waals surface area contributed by atoms with Gasteiger partial charge in [-0.25, -0.2) is 4.98 Å². The van der Waals surface area contributed by atoms with Crippen LogP contribution < -0.4 is 5.73 Å². The molecule has 6 heteroatoms. The van der Waals surface area contributed by atoms with Gasteiger partial charge in [0, 0.05) is 24.1 Å². The molecule has 0 radical (unpaired) electrons. The van der Waals surface area contributed by atoms with E-state index in [1.165, 1.54) is 0 Å². The van der Waals surface area contributed by atoms with Gasteiger partial charge >= 0.3 is 0 Å². The molecule has 4 aromatic rings. The number of imidazole rings is 1. The highest BCUT2D eigenvalue weighted by atomic mass is 16.5. The van der Waals surface area contributed by atoms with Crippen molar-refractivity contribution in [1.82, 2.24) is 14.7 Å². The number of hydrogen-bond donors (Lipinski definition) is 1. The monoisotopic (exact) mass is 372 g/mol. The molecule has 1 saturated carbocycles. The lowest BCUT2D eigenvalue weighted by Gasteiger charge is -2.35. The first-order valence-electron chi connectivity index (χ1n) is 9.39. The number of hydrogen-bond acceptors (Lipinski definition) is 4. The first-order chi connectivity index (χ1) is 13.6. The lowest BCUT2D eigenvalue weighted by molar-refractivity contribution is 0.0989. The van der Waals surface area contributed by atoms with Crippen molar-refractivity contribution in [3.63, 3.8) is 0 Å². The van der Waals surface area contributed by atoms with Gasteiger partial charge in [0.2, 0.25) is 0 Å². The number of aromatic nitrogens is 3. The SMILES string of the molecule is Cn1c(C2CC(c3c(C(N)=O)noc3-c3ccccc3)C2)nc2ccccc21. The van der Waals surface area contributed by atoms with Crippen LogP contribution in [0.1, 0.15) is 46.6 Å². The van der Waals surface area contributed by atoms with Gasteiger partial charge in [0.15, 0.2) is 11.5 Å². The van der Waals surface area contributed by atoms with E-state index in [0.29, 0.717) is 11.7 Å². The van der Waals surface area contributed by atoms with Crippen molar-refractivity contribution in [1.29, 1.82) is 0 Å². The fourth-order valence-corrected chi connectivity index (χ4v) is 4.25. The van der Waals surface area contributed by atoms with Crippen LogP contribution in [0.15, 0.2) is 59.1 Å². The van der Waals surface area contributed by atoms with Crippen LogP contribution in [-0.2, 0) is 7.05 Å². The Hall–Kier alpha value is -3.41. The number of aryl methyl sites for hydroxylation is 1. The molecule has 0 atom stereocenters. The Labute approximate surface area is 162 Å². The Kier molecular flexibility index (Phi) is 3.79. The lowest BCUT2D eigenvalue weighted by atomic mass is 9.70. The summed E-state index contributed by atoms with van der Waals surface area (Å²) in [6.45, 7) is 0. The molecule has 28 heavy (non-hydrogen) atoms. The summed E-state index contributed by atoms with van der Waals surface area (Å²) >= 11 is 0. The highest BCUT2D eigenvalue weighted by molar-refractivity contribution is 5.94. The average Bonchev–Trinajstić information content (AvgIpc) is 3.24. The third kappa shape index (κ3) is 2.52. The highest BCUT2D eigenvalue weighted by Gasteiger charge is 2.39. The summed E-state index contributed by atoms with van der Waals surface area (Å²) in [5.74, 6) is 1.68. The summed E-state index contributed by atoms with van der Waals surface area (Å²) < 4.78 is 7.70. The Morgan fingerprint density at radius 3 is 2.50 bits per heavy atom. The molecule has 2 aromatic carbocycles. The summed E-state index contributed by atoms with van der Waals surface area (Å²) in [7, 11) is 2.06. The highest BCUT2D eigenvalue weighted by Crippen LogP contribution is 2.50. The van der Waals surface area contributed by atoms with Crippen molar-refractivity contribution in [2.45, 2.75) is 24.7 Å². The van der Waals surface area contributed by atoms with Crippen LogP contribution in [0.25, 0.3) is 22.4 Å². The molecule has 0 unspecified atom stereocenters. The normalized spacial score (nSPS) is 18.9. The Bertz CT molecular complexity index is 1170. The Morgan fingerprint density at radius 1 is 1.07 bits per heavy atom. The minimum atomic E-state index is -0.549. The van der Waals surface area contributed by atoms with Crippen LogP contribution in [0, 0.1) is 0 Å². The van der Waals surface area contributed by atoms with Crippen LogP contribution in [0.4, 0.5) is 0 Å². The summed E-state index contributed by atoms with van der Waals surface area (Å²) in [5.41, 5.74) is 9.69. The molecule has 6 nitrogen and oxygen atoms in total. The van der Waals surface area contributed by atoms with Gasteiger partial charge in [-0.1, -0.05) is 47.6 Å². The Balaban J connectivity index is 1.48. The fraction of sp³-hybridized carbons (Fsp3) is 0.227. The van der Waals surface area contributed by atoms with E-state index in [1.54, 1.807) is 0 Å². The molecular weight excluding hydrogens is 352 g/mol. The van der Waals surface area contributed by atoms with Gasteiger partial charge in [0.25, 0.3) is 5.91 Å².